The summed E-state index contributed by atoms with van der Waals surface area (Å²) in [6.45, 7) is -0.673. The average molecular weight is 432 g/mol. The standard InChI is InChI=1S/C18H14ClN5O6/c19-13-6-5-11(9-15(13)24(28)29)20-16(25)10-30-17(26)7-8-23-18(27)12-3-1-2-4-14(12)21-22-23/h1-6,9H,7-8,10H2,(H,20,25). The molecule has 1 amide bonds. The lowest BCUT2D eigenvalue weighted by Gasteiger charge is -2.08. The van der Waals surface area contributed by atoms with Gasteiger partial charge in [-0.3, -0.25) is 24.5 Å². The van der Waals surface area contributed by atoms with Gasteiger partial charge in [0.2, 0.25) is 0 Å². The molecule has 0 saturated carbocycles. The summed E-state index contributed by atoms with van der Waals surface area (Å²) in [5.74, 6) is -1.42. The molecule has 3 rings (SSSR count). The summed E-state index contributed by atoms with van der Waals surface area (Å²) in [6, 6.07) is 10.4. The molecule has 3 aromatic rings. The van der Waals surface area contributed by atoms with Crippen molar-refractivity contribution in [1.82, 2.24) is 15.0 Å². The molecule has 30 heavy (non-hydrogen) atoms. The first-order valence-corrected chi connectivity index (χ1v) is 8.95. The second-order valence-corrected chi connectivity index (χ2v) is 6.42. The maximum Gasteiger partial charge on any atom is 0.308 e. The Hall–Kier alpha value is -3.86. The highest BCUT2D eigenvalue weighted by Gasteiger charge is 2.15. The third-order valence-electron chi connectivity index (χ3n) is 3.95. The van der Waals surface area contributed by atoms with Crippen molar-refractivity contribution in [2.24, 2.45) is 0 Å². The number of hydrogen-bond acceptors (Lipinski definition) is 8. The van der Waals surface area contributed by atoms with E-state index in [0.717, 1.165) is 10.7 Å². The fourth-order valence-corrected chi connectivity index (χ4v) is 2.70. The molecule has 0 atom stereocenters. The predicted octanol–water partition coefficient (Wildman–Crippen LogP) is 1.93. The fourth-order valence-electron chi connectivity index (χ4n) is 2.51. The quantitative estimate of drug-likeness (QED) is 0.339. The van der Waals surface area contributed by atoms with Crippen molar-refractivity contribution < 1.29 is 19.2 Å². The molecule has 154 valence electrons. The van der Waals surface area contributed by atoms with Gasteiger partial charge < -0.3 is 10.1 Å². The van der Waals surface area contributed by atoms with E-state index in [0.29, 0.717) is 10.9 Å². The third kappa shape index (κ3) is 4.94. The molecule has 1 heterocycles. The number of amides is 1. The lowest BCUT2D eigenvalue weighted by atomic mass is 10.2. The van der Waals surface area contributed by atoms with Gasteiger partial charge in [0.15, 0.2) is 6.61 Å². The van der Waals surface area contributed by atoms with Crippen molar-refractivity contribution >= 4 is 45.8 Å². The summed E-state index contributed by atoms with van der Waals surface area (Å²) in [4.78, 5) is 46.2. The molecule has 12 heteroatoms. The van der Waals surface area contributed by atoms with Crippen molar-refractivity contribution in [2.45, 2.75) is 13.0 Å². The smallest absolute Gasteiger partial charge is 0.308 e. The Morgan fingerprint density at radius 1 is 1.23 bits per heavy atom. The van der Waals surface area contributed by atoms with Gasteiger partial charge in [0, 0.05) is 11.8 Å². The normalized spacial score (nSPS) is 10.6. The number of ether oxygens (including phenoxy) is 1. The fraction of sp³-hybridized carbons (Fsp3) is 0.167. The Morgan fingerprint density at radius 2 is 2.00 bits per heavy atom. The van der Waals surface area contributed by atoms with E-state index in [4.69, 9.17) is 16.3 Å². The van der Waals surface area contributed by atoms with E-state index in [1.807, 2.05) is 0 Å². The molecule has 2 aromatic carbocycles. The second-order valence-electron chi connectivity index (χ2n) is 6.02. The van der Waals surface area contributed by atoms with Crippen molar-refractivity contribution in [2.75, 3.05) is 11.9 Å². The molecular weight excluding hydrogens is 418 g/mol. The van der Waals surface area contributed by atoms with E-state index in [1.54, 1.807) is 24.3 Å². The Kier molecular flexibility index (Phi) is 6.32. The first-order valence-electron chi connectivity index (χ1n) is 8.57. The maximum absolute atomic E-state index is 12.3. The molecule has 0 aliphatic carbocycles. The van der Waals surface area contributed by atoms with Crippen LogP contribution in [0, 0.1) is 10.1 Å². The lowest BCUT2D eigenvalue weighted by molar-refractivity contribution is -0.384. The summed E-state index contributed by atoms with van der Waals surface area (Å²) in [6.07, 6.45) is -0.202. The van der Waals surface area contributed by atoms with Crippen LogP contribution in [0.3, 0.4) is 0 Å². The van der Waals surface area contributed by atoms with E-state index in [2.05, 4.69) is 15.6 Å². The van der Waals surface area contributed by atoms with Gasteiger partial charge in [-0.15, -0.1) is 5.10 Å². The van der Waals surface area contributed by atoms with E-state index in [1.165, 1.54) is 12.1 Å². The first-order chi connectivity index (χ1) is 14.3. The minimum atomic E-state index is -0.728. The molecule has 0 bridgehead atoms. The maximum atomic E-state index is 12.3. The topological polar surface area (TPSA) is 146 Å². The van der Waals surface area contributed by atoms with Crippen LogP contribution >= 0.6 is 11.6 Å². The highest BCUT2D eigenvalue weighted by Crippen LogP contribution is 2.27. The third-order valence-corrected chi connectivity index (χ3v) is 4.27. The molecule has 11 nitrogen and oxygen atoms in total. The number of carbonyl (C=O) groups is 2. The Bertz CT molecular complexity index is 1200. The monoisotopic (exact) mass is 431 g/mol. The predicted molar refractivity (Wildman–Crippen MR) is 106 cm³/mol. The second kappa shape index (κ2) is 9.09. The highest BCUT2D eigenvalue weighted by atomic mass is 35.5. The molecule has 0 saturated heterocycles. The number of carbonyl (C=O) groups excluding carboxylic acids is 2. The van der Waals surface area contributed by atoms with Crippen LogP contribution in [-0.4, -0.2) is 38.4 Å². The van der Waals surface area contributed by atoms with Gasteiger partial charge in [0.25, 0.3) is 17.2 Å². The van der Waals surface area contributed by atoms with Gasteiger partial charge in [0.1, 0.15) is 10.5 Å². The van der Waals surface area contributed by atoms with Gasteiger partial charge in [-0.1, -0.05) is 28.9 Å². The van der Waals surface area contributed by atoms with Gasteiger partial charge >= 0.3 is 5.97 Å². The van der Waals surface area contributed by atoms with Crippen molar-refractivity contribution in [3.05, 3.63) is 68.0 Å². The average Bonchev–Trinajstić information content (AvgIpc) is 2.73. The Balaban J connectivity index is 1.52. The SMILES string of the molecule is O=C(COC(=O)CCn1nnc2ccccc2c1=O)Nc1ccc(Cl)c([N+](=O)[O-])c1. The van der Waals surface area contributed by atoms with Crippen LogP contribution < -0.4 is 10.9 Å². The van der Waals surface area contributed by atoms with Gasteiger partial charge in [-0.2, -0.15) is 0 Å². The molecule has 1 N–H and O–H groups in total. The number of rotatable bonds is 7. The summed E-state index contributed by atoms with van der Waals surface area (Å²) in [5.41, 5.74) is -0.186. The number of anilines is 1. The summed E-state index contributed by atoms with van der Waals surface area (Å²) < 4.78 is 5.89. The summed E-state index contributed by atoms with van der Waals surface area (Å²) in [5, 5.41) is 21.2. The first kappa shape index (κ1) is 20.9. The Morgan fingerprint density at radius 3 is 2.77 bits per heavy atom. The number of nitrogens with zero attached hydrogens (tertiary/aromatic N) is 4. The number of hydrogen-bond donors (Lipinski definition) is 1. The molecule has 0 spiro atoms. The van der Waals surface area contributed by atoms with Crippen molar-refractivity contribution in [1.29, 1.82) is 0 Å². The molecule has 0 aliphatic heterocycles. The van der Waals surface area contributed by atoms with E-state index in [-0.39, 0.29) is 29.4 Å². The number of esters is 1. The number of nitro groups is 1. The lowest BCUT2D eigenvalue weighted by Crippen LogP contribution is -2.26. The van der Waals surface area contributed by atoms with E-state index >= 15 is 0 Å². The van der Waals surface area contributed by atoms with Crippen molar-refractivity contribution in [3.8, 4) is 0 Å². The number of fused-ring (bicyclic) bond motifs is 1. The van der Waals surface area contributed by atoms with Crippen LogP contribution in [0.25, 0.3) is 10.9 Å². The van der Waals surface area contributed by atoms with Crippen LogP contribution in [0.4, 0.5) is 11.4 Å². The van der Waals surface area contributed by atoms with Crippen LogP contribution in [0.1, 0.15) is 6.42 Å². The largest absolute Gasteiger partial charge is 0.456 e. The van der Waals surface area contributed by atoms with Crippen LogP contribution in [0.5, 0.6) is 0 Å². The van der Waals surface area contributed by atoms with Gasteiger partial charge in [0.05, 0.1) is 23.3 Å². The van der Waals surface area contributed by atoms with E-state index < -0.39 is 29.0 Å². The molecule has 0 aliphatic rings. The van der Waals surface area contributed by atoms with Crippen LogP contribution in [0.15, 0.2) is 47.3 Å². The number of halogens is 1. The summed E-state index contributed by atoms with van der Waals surface area (Å²) >= 11 is 5.70. The number of aromatic nitrogens is 3. The van der Waals surface area contributed by atoms with Crippen LogP contribution in [-0.2, 0) is 20.9 Å². The number of benzene rings is 2. The molecule has 0 fully saturated rings. The highest BCUT2D eigenvalue weighted by molar-refractivity contribution is 6.32. The van der Waals surface area contributed by atoms with E-state index in [9.17, 15) is 24.5 Å². The van der Waals surface area contributed by atoms with Gasteiger partial charge in [-0.05, 0) is 24.3 Å². The molecule has 1 aromatic heterocycles. The number of nitro benzene ring substituents is 1. The molecular formula is C18H14ClN5O6. The number of nitrogens with one attached hydrogen (secondary N) is 1. The number of aryl methyl sites for hydroxylation is 1. The van der Waals surface area contributed by atoms with Crippen molar-refractivity contribution in [3.63, 3.8) is 0 Å². The molecule has 0 unspecified atom stereocenters. The zero-order valence-electron chi connectivity index (χ0n) is 15.3. The molecule has 0 radical (unpaired) electrons. The zero-order chi connectivity index (χ0) is 21.7. The van der Waals surface area contributed by atoms with Crippen LogP contribution in [0.2, 0.25) is 5.02 Å². The zero-order valence-corrected chi connectivity index (χ0v) is 16.0. The minimum absolute atomic E-state index is 0.0689. The van der Waals surface area contributed by atoms with Gasteiger partial charge in [-0.25, -0.2) is 4.68 Å². The Labute approximate surface area is 173 Å². The summed E-state index contributed by atoms with van der Waals surface area (Å²) in [7, 11) is 0. The minimum Gasteiger partial charge on any atom is -0.456 e.